The molecule has 1 saturated heterocycles. The Morgan fingerprint density at radius 3 is 2.84 bits per heavy atom. The van der Waals surface area contributed by atoms with Crippen molar-refractivity contribution >= 4 is 11.8 Å². The van der Waals surface area contributed by atoms with E-state index < -0.39 is 0 Å². The van der Waals surface area contributed by atoms with E-state index in [1.807, 2.05) is 17.8 Å². The normalized spacial score (nSPS) is 24.2. The first kappa shape index (κ1) is 13.1. The first-order valence-electron chi connectivity index (χ1n) is 6.89. The van der Waals surface area contributed by atoms with Gasteiger partial charge in [0.15, 0.2) is 11.5 Å². The average Bonchev–Trinajstić information content (AvgIpc) is 2.91. The molecule has 0 bridgehead atoms. The van der Waals surface area contributed by atoms with Gasteiger partial charge in [0.1, 0.15) is 6.10 Å². The average molecular weight is 279 g/mol. The molecule has 1 saturated carbocycles. The number of nitrogens with two attached hydrogens (primary N) is 1. The Labute approximate surface area is 118 Å². The molecule has 3 rings (SSSR count). The van der Waals surface area contributed by atoms with Crippen molar-refractivity contribution in [2.45, 2.75) is 37.3 Å². The summed E-state index contributed by atoms with van der Waals surface area (Å²) in [5.41, 5.74) is 7.48. The molecular formula is C15H21NO2S. The highest BCUT2D eigenvalue weighted by Crippen LogP contribution is 2.38. The zero-order chi connectivity index (χ0) is 13.3. The number of hydrogen-bond acceptors (Lipinski definition) is 4. The van der Waals surface area contributed by atoms with Crippen LogP contribution in [0.5, 0.6) is 11.5 Å². The van der Waals surface area contributed by atoms with Crippen LogP contribution in [0.4, 0.5) is 0 Å². The minimum absolute atomic E-state index is 0.0368. The lowest BCUT2D eigenvalue weighted by Crippen LogP contribution is -2.24. The van der Waals surface area contributed by atoms with Crippen LogP contribution < -0.4 is 15.2 Å². The van der Waals surface area contributed by atoms with Crippen LogP contribution in [-0.2, 0) is 6.42 Å². The number of methoxy groups -OCH3 is 1. The van der Waals surface area contributed by atoms with E-state index in [0.717, 1.165) is 42.9 Å². The van der Waals surface area contributed by atoms with Gasteiger partial charge in [-0.2, -0.15) is 11.8 Å². The molecule has 2 aliphatic rings. The second kappa shape index (κ2) is 5.25. The van der Waals surface area contributed by atoms with Crippen LogP contribution in [0.25, 0.3) is 0 Å². The lowest BCUT2D eigenvalue weighted by atomic mass is 10.0. The molecule has 1 unspecified atom stereocenters. The fourth-order valence-electron chi connectivity index (χ4n) is 2.45. The highest BCUT2D eigenvalue weighted by Gasteiger charge is 2.38. The van der Waals surface area contributed by atoms with E-state index in [9.17, 15) is 0 Å². The molecule has 0 aromatic heterocycles. The molecule has 1 atom stereocenters. The lowest BCUT2D eigenvalue weighted by molar-refractivity contribution is 0.218. The SMILES string of the molecule is COc1ccc(CC2(N)CC2)cc1OC1CCSC1. The summed E-state index contributed by atoms with van der Waals surface area (Å²) in [4.78, 5) is 0. The number of ether oxygens (including phenoxy) is 2. The third-order valence-electron chi connectivity index (χ3n) is 3.86. The number of benzene rings is 1. The van der Waals surface area contributed by atoms with Crippen LogP contribution in [0.15, 0.2) is 18.2 Å². The van der Waals surface area contributed by atoms with Gasteiger partial charge >= 0.3 is 0 Å². The van der Waals surface area contributed by atoms with Gasteiger partial charge in [-0.3, -0.25) is 0 Å². The number of hydrogen-bond donors (Lipinski definition) is 1. The van der Waals surface area contributed by atoms with E-state index in [4.69, 9.17) is 15.2 Å². The van der Waals surface area contributed by atoms with E-state index in [-0.39, 0.29) is 5.54 Å². The second-order valence-electron chi connectivity index (χ2n) is 5.63. The number of thioether (sulfide) groups is 1. The van der Waals surface area contributed by atoms with Crippen molar-refractivity contribution in [1.29, 1.82) is 0 Å². The Bertz CT molecular complexity index is 453. The summed E-state index contributed by atoms with van der Waals surface area (Å²) in [6.45, 7) is 0. The van der Waals surface area contributed by atoms with Crippen molar-refractivity contribution in [2.75, 3.05) is 18.6 Å². The van der Waals surface area contributed by atoms with Crippen LogP contribution >= 0.6 is 11.8 Å². The van der Waals surface area contributed by atoms with Gasteiger partial charge in [0.05, 0.1) is 7.11 Å². The summed E-state index contributed by atoms with van der Waals surface area (Å²) in [5, 5.41) is 0. The molecular weight excluding hydrogens is 258 g/mol. The molecule has 1 heterocycles. The molecule has 1 aliphatic carbocycles. The molecule has 1 aromatic carbocycles. The molecule has 0 radical (unpaired) electrons. The van der Waals surface area contributed by atoms with Crippen LogP contribution in [0, 0.1) is 0 Å². The molecule has 3 nitrogen and oxygen atoms in total. The van der Waals surface area contributed by atoms with Gasteiger partial charge in [0.25, 0.3) is 0 Å². The van der Waals surface area contributed by atoms with Gasteiger partial charge in [-0.1, -0.05) is 6.07 Å². The third-order valence-corrected chi connectivity index (χ3v) is 4.99. The standard InChI is InChI=1S/C15H21NO2S/c1-17-13-3-2-11(9-15(16)5-6-15)8-14(13)18-12-4-7-19-10-12/h2-3,8,12H,4-7,9-10,16H2,1H3. The fourth-order valence-corrected chi connectivity index (χ4v) is 3.55. The number of rotatable bonds is 5. The molecule has 2 N–H and O–H groups in total. The monoisotopic (exact) mass is 279 g/mol. The maximum atomic E-state index is 6.19. The van der Waals surface area contributed by atoms with Gasteiger partial charge in [-0.25, -0.2) is 0 Å². The van der Waals surface area contributed by atoms with Crippen molar-refractivity contribution in [3.63, 3.8) is 0 Å². The topological polar surface area (TPSA) is 44.5 Å². The predicted octanol–water partition coefficient (Wildman–Crippen LogP) is 2.61. The van der Waals surface area contributed by atoms with E-state index in [0.29, 0.717) is 6.10 Å². The Morgan fingerprint density at radius 1 is 1.37 bits per heavy atom. The minimum atomic E-state index is 0.0368. The largest absolute Gasteiger partial charge is 0.493 e. The zero-order valence-electron chi connectivity index (χ0n) is 11.4. The van der Waals surface area contributed by atoms with Gasteiger partial charge in [-0.05, 0) is 49.1 Å². The molecule has 1 aliphatic heterocycles. The Morgan fingerprint density at radius 2 is 2.21 bits per heavy atom. The van der Waals surface area contributed by atoms with Crippen molar-refractivity contribution in [1.82, 2.24) is 0 Å². The maximum Gasteiger partial charge on any atom is 0.161 e. The third kappa shape index (κ3) is 3.18. The van der Waals surface area contributed by atoms with Crippen LogP contribution in [0.1, 0.15) is 24.8 Å². The molecule has 0 amide bonds. The summed E-state index contributed by atoms with van der Waals surface area (Å²) >= 11 is 1.95. The van der Waals surface area contributed by atoms with Gasteiger partial charge in [0, 0.05) is 11.3 Å². The first-order chi connectivity index (χ1) is 9.18. The Balaban J connectivity index is 1.76. The van der Waals surface area contributed by atoms with Gasteiger partial charge in [-0.15, -0.1) is 0 Å². The van der Waals surface area contributed by atoms with Crippen LogP contribution in [-0.4, -0.2) is 30.3 Å². The Hall–Kier alpha value is -0.870. The van der Waals surface area contributed by atoms with Crippen molar-refractivity contribution in [3.8, 4) is 11.5 Å². The lowest BCUT2D eigenvalue weighted by Gasteiger charge is -2.17. The summed E-state index contributed by atoms with van der Waals surface area (Å²) < 4.78 is 11.5. The van der Waals surface area contributed by atoms with E-state index >= 15 is 0 Å². The second-order valence-corrected chi connectivity index (χ2v) is 6.78. The molecule has 4 heteroatoms. The van der Waals surface area contributed by atoms with Crippen molar-refractivity contribution < 1.29 is 9.47 Å². The first-order valence-corrected chi connectivity index (χ1v) is 8.04. The highest BCUT2D eigenvalue weighted by atomic mass is 32.2. The van der Waals surface area contributed by atoms with Crippen molar-refractivity contribution in [3.05, 3.63) is 23.8 Å². The molecule has 0 spiro atoms. The predicted molar refractivity (Wildman–Crippen MR) is 79.2 cm³/mol. The molecule has 104 valence electrons. The van der Waals surface area contributed by atoms with Gasteiger partial charge < -0.3 is 15.2 Å². The minimum Gasteiger partial charge on any atom is -0.493 e. The van der Waals surface area contributed by atoms with E-state index in [2.05, 4.69) is 12.1 Å². The van der Waals surface area contributed by atoms with E-state index in [1.54, 1.807) is 7.11 Å². The summed E-state index contributed by atoms with van der Waals surface area (Å²) in [7, 11) is 1.69. The zero-order valence-corrected chi connectivity index (χ0v) is 12.2. The summed E-state index contributed by atoms with van der Waals surface area (Å²) in [6, 6.07) is 6.20. The quantitative estimate of drug-likeness (QED) is 0.900. The summed E-state index contributed by atoms with van der Waals surface area (Å²) in [5.74, 6) is 3.96. The van der Waals surface area contributed by atoms with E-state index in [1.165, 1.54) is 11.3 Å². The fraction of sp³-hybridized carbons (Fsp3) is 0.600. The summed E-state index contributed by atoms with van der Waals surface area (Å²) in [6.07, 6.45) is 4.65. The smallest absolute Gasteiger partial charge is 0.161 e. The van der Waals surface area contributed by atoms with Crippen LogP contribution in [0.3, 0.4) is 0 Å². The maximum absolute atomic E-state index is 6.19. The van der Waals surface area contributed by atoms with Gasteiger partial charge in [0.2, 0.25) is 0 Å². The molecule has 2 fully saturated rings. The Kier molecular flexibility index (Phi) is 3.63. The molecule has 19 heavy (non-hydrogen) atoms. The molecule has 1 aromatic rings. The van der Waals surface area contributed by atoms with Crippen LogP contribution in [0.2, 0.25) is 0 Å². The highest BCUT2D eigenvalue weighted by molar-refractivity contribution is 7.99. The van der Waals surface area contributed by atoms with Crippen molar-refractivity contribution in [2.24, 2.45) is 5.73 Å².